The van der Waals surface area contributed by atoms with Gasteiger partial charge in [-0.1, -0.05) is 48.4 Å². The van der Waals surface area contributed by atoms with Crippen LogP contribution in [0.5, 0.6) is 0 Å². The van der Waals surface area contributed by atoms with Crippen LogP contribution in [0.15, 0.2) is 42.5 Å². The van der Waals surface area contributed by atoms with Crippen LogP contribution in [0.25, 0.3) is 0 Å². The fourth-order valence-electron chi connectivity index (χ4n) is 2.01. The molecule has 1 atom stereocenters. The molecule has 1 N–H and O–H groups in total. The lowest BCUT2D eigenvalue weighted by molar-refractivity contribution is 0.628. The lowest BCUT2D eigenvalue weighted by Crippen LogP contribution is -2.09. The van der Waals surface area contributed by atoms with Crippen molar-refractivity contribution in [2.75, 3.05) is 5.32 Å². The molecule has 0 aliphatic heterocycles. The van der Waals surface area contributed by atoms with Gasteiger partial charge in [-0.2, -0.15) is 0 Å². The van der Waals surface area contributed by atoms with E-state index < -0.39 is 5.82 Å². The zero-order chi connectivity index (χ0) is 13.8. The highest BCUT2D eigenvalue weighted by atomic mass is 35.5. The maximum Gasteiger partial charge on any atom is 0.141 e. The van der Waals surface area contributed by atoms with Gasteiger partial charge in [-0.15, -0.1) is 0 Å². The summed E-state index contributed by atoms with van der Waals surface area (Å²) in [4.78, 5) is 0. The van der Waals surface area contributed by atoms with Gasteiger partial charge in [0.05, 0.1) is 11.1 Å². The van der Waals surface area contributed by atoms with Gasteiger partial charge in [0.15, 0.2) is 0 Å². The maximum absolute atomic E-state index is 13.1. The van der Waals surface area contributed by atoms with Crippen molar-refractivity contribution in [2.24, 2.45) is 0 Å². The van der Waals surface area contributed by atoms with Crippen molar-refractivity contribution in [2.45, 2.75) is 26.3 Å². The highest BCUT2D eigenvalue weighted by Crippen LogP contribution is 2.25. The zero-order valence-electron chi connectivity index (χ0n) is 11.1. The molecule has 2 rings (SSSR count). The number of nitrogens with one attached hydrogen (secondary N) is 1. The van der Waals surface area contributed by atoms with Crippen molar-refractivity contribution in [1.82, 2.24) is 0 Å². The average Bonchev–Trinajstić information content (AvgIpc) is 2.41. The molecule has 0 fully saturated rings. The third-order valence-electron chi connectivity index (χ3n) is 3.15. The van der Waals surface area contributed by atoms with Crippen LogP contribution in [0.1, 0.15) is 30.5 Å². The van der Waals surface area contributed by atoms with Crippen LogP contribution in [0.2, 0.25) is 5.02 Å². The summed E-state index contributed by atoms with van der Waals surface area (Å²) >= 11 is 5.79. The monoisotopic (exact) mass is 277 g/mol. The lowest BCUT2D eigenvalue weighted by atomic mass is 10.0. The molecule has 100 valence electrons. The standard InChI is InChI=1S/C16H17ClFN/c1-3-16(12-6-4-11(2)5-7-12)19-13-8-9-15(18)14(17)10-13/h4-10,16,19H,3H2,1-2H3. The first-order valence-corrected chi connectivity index (χ1v) is 6.76. The second kappa shape index (κ2) is 6.07. The summed E-state index contributed by atoms with van der Waals surface area (Å²) in [5.41, 5.74) is 3.29. The molecule has 1 unspecified atom stereocenters. The van der Waals surface area contributed by atoms with Crippen molar-refractivity contribution in [1.29, 1.82) is 0 Å². The van der Waals surface area contributed by atoms with Gasteiger partial charge in [-0.25, -0.2) is 4.39 Å². The summed E-state index contributed by atoms with van der Waals surface area (Å²) in [6, 6.07) is 13.3. The van der Waals surface area contributed by atoms with E-state index in [1.165, 1.54) is 17.2 Å². The molecule has 0 aliphatic carbocycles. The van der Waals surface area contributed by atoms with Gasteiger partial charge in [0.25, 0.3) is 0 Å². The molecule has 0 aliphatic rings. The van der Waals surface area contributed by atoms with Gasteiger partial charge in [0.2, 0.25) is 0 Å². The van der Waals surface area contributed by atoms with Crippen LogP contribution in [0.4, 0.5) is 10.1 Å². The molecular weight excluding hydrogens is 261 g/mol. The zero-order valence-corrected chi connectivity index (χ0v) is 11.8. The van der Waals surface area contributed by atoms with Gasteiger partial charge in [-0.05, 0) is 37.1 Å². The first-order valence-electron chi connectivity index (χ1n) is 6.38. The topological polar surface area (TPSA) is 12.0 Å². The minimum Gasteiger partial charge on any atom is -0.378 e. The van der Waals surface area contributed by atoms with Crippen LogP contribution in [-0.2, 0) is 0 Å². The molecule has 0 aromatic heterocycles. The first kappa shape index (κ1) is 13.9. The van der Waals surface area contributed by atoms with E-state index in [0.29, 0.717) is 0 Å². The van der Waals surface area contributed by atoms with E-state index in [9.17, 15) is 4.39 Å². The fourth-order valence-corrected chi connectivity index (χ4v) is 2.19. The summed E-state index contributed by atoms with van der Waals surface area (Å²) in [5, 5.41) is 3.52. The molecular formula is C16H17ClFN. The summed E-state index contributed by atoms with van der Waals surface area (Å²) in [7, 11) is 0. The van der Waals surface area contributed by atoms with Crippen molar-refractivity contribution in [3.8, 4) is 0 Å². The van der Waals surface area contributed by atoms with Crippen LogP contribution < -0.4 is 5.32 Å². The molecule has 0 saturated carbocycles. The Hall–Kier alpha value is -1.54. The first-order chi connectivity index (χ1) is 9.10. The van der Waals surface area contributed by atoms with Gasteiger partial charge in [0.1, 0.15) is 5.82 Å². The average molecular weight is 278 g/mol. The summed E-state index contributed by atoms with van der Waals surface area (Å²) in [6.07, 6.45) is 0.943. The quantitative estimate of drug-likeness (QED) is 0.794. The second-order valence-corrected chi connectivity index (χ2v) is 5.05. The normalized spacial score (nSPS) is 12.2. The summed E-state index contributed by atoms with van der Waals surface area (Å²) in [5.74, 6) is -0.393. The number of benzene rings is 2. The second-order valence-electron chi connectivity index (χ2n) is 4.64. The lowest BCUT2D eigenvalue weighted by Gasteiger charge is -2.19. The molecule has 1 nitrogen and oxygen atoms in total. The van der Waals surface area contributed by atoms with E-state index in [-0.39, 0.29) is 11.1 Å². The maximum atomic E-state index is 13.1. The molecule has 0 radical (unpaired) electrons. The Morgan fingerprint density at radius 1 is 1.16 bits per heavy atom. The number of anilines is 1. The van der Waals surface area contributed by atoms with Gasteiger partial charge in [0, 0.05) is 5.69 Å². The Labute approximate surface area is 118 Å². The number of rotatable bonds is 4. The third kappa shape index (κ3) is 3.48. The van der Waals surface area contributed by atoms with Gasteiger partial charge in [-0.3, -0.25) is 0 Å². The minimum atomic E-state index is -0.393. The number of hydrogen-bond acceptors (Lipinski definition) is 1. The van der Waals surface area contributed by atoms with E-state index in [2.05, 4.69) is 43.4 Å². The Kier molecular flexibility index (Phi) is 4.43. The van der Waals surface area contributed by atoms with Crippen molar-refractivity contribution >= 4 is 17.3 Å². The largest absolute Gasteiger partial charge is 0.378 e. The minimum absolute atomic E-state index is 0.142. The summed E-state index contributed by atoms with van der Waals surface area (Å²) in [6.45, 7) is 4.18. The molecule has 0 amide bonds. The molecule has 0 saturated heterocycles. The predicted octanol–water partition coefficient (Wildman–Crippen LogP) is 5.35. The molecule has 0 heterocycles. The van der Waals surface area contributed by atoms with Crippen molar-refractivity contribution in [3.05, 3.63) is 64.4 Å². The van der Waals surface area contributed by atoms with Crippen LogP contribution >= 0.6 is 11.6 Å². The third-order valence-corrected chi connectivity index (χ3v) is 3.44. The van der Waals surface area contributed by atoms with Crippen LogP contribution in [0.3, 0.4) is 0 Å². The molecule has 0 bridgehead atoms. The Balaban J connectivity index is 2.18. The molecule has 0 spiro atoms. The van der Waals surface area contributed by atoms with E-state index in [4.69, 9.17) is 11.6 Å². The fraction of sp³-hybridized carbons (Fsp3) is 0.250. The number of aryl methyl sites for hydroxylation is 1. The molecule has 2 aromatic rings. The Morgan fingerprint density at radius 3 is 2.42 bits per heavy atom. The Morgan fingerprint density at radius 2 is 1.84 bits per heavy atom. The van der Waals surface area contributed by atoms with Crippen LogP contribution in [-0.4, -0.2) is 0 Å². The molecule has 2 aromatic carbocycles. The van der Waals surface area contributed by atoms with E-state index in [1.54, 1.807) is 12.1 Å². The van der Waals surface area contributed by atoms with Gasteiger partial charge >= 0.3 is 0 Å². The predicted molar refractivity (Wildman–Crippen MR) is 79.2 cm³/mol. The number of halogens is 2. The van der Waals surface area contributed by atoms with E-state index in [0.717, 1.165) is 12.1 Å². The van der Waals surface area contributed by atoms with Crippen molar-refractivity contribution < 1.29 is 4.39 Å². The molecule has 3 heteroatoms. The smallest absolute Gasteiger partial charge is 0.141 e. The highest BCUT2D eigenvalue weighted by Gasteiger charge is 2.10. The van der Waals surface area contributed by atoms with E-state index >= 15 is 0 Å². The Bertz CT molecular complexity index is 551. The number of hydrogen-bond donors (Lipinski definition) is 1. The highest BCUT2D eigenvalue weighted by molar-refractivity contribution is 6.31. The summed E-state index contributed by atoms with van der Waals surface area (Å²) < 4.78 is 13.1. The van der Waals surface area contributed by atoms with Gasteiger partial charge < -0.3 is 5.32 Å². The molecule has 19 heavy (non-hydrogen) atoms. The van der Waals surface area contributed by atoms with Crippen LogP contribution in [0, 0.1) is 12.7 Å². The van der Waals surface area contributed by atoms with E-state index in [1.807, 2.05) is 0 Å². The SMILES string of the molecule is CCC(Nc1ccc(F)c(Cl)c1)c1ccc(C)cc1. The van der Waals surface area contributed by atoms with Crippen molar-refractivity contribution in [3.63, 3.8) is 0 Å².